The molecule has 0 atom stereocenters. The maximum absolute atomic E-state index is 12.6. The minimum Gasteiger partial charge on any atom is -0.367 e. The molecule has 152 valence electrons. The Bertz CT molecular complexity index is 949. The van der Waals surface area contributed by atoms with Gasteiger partial charge in [-0.1, -0.05) is 13.8 Å². The minimum absolute atomic E-state index is 0.115. The molecule has 0 radical (unpaired) electrons. The zero-order valence-electron chi connectivity index (χ0n) is 16.7. The Balaban J connectivity index is 1.73. The van der Waals surface area contributed by atoms with Crippen LogP contribution in [0.25, 0.3) is 10.9 Å². The summed E-state index contributed by atoms with van der Waals surface area (Å²) in [5.74, 6) is 1.01. The molecule has 0 spiro atoms. The van der Waals surface area contributed by atoms with Crippen LogP contribution in [0.5, 0.6) is 0 Å². The minimum atomic E-state index is -3.30. The van der Waals surface area contributed by atoms with E-state index in [1.165, 1.54) is 12.6 Å². The lowest BCUT2D eigenvalue weighted by Crippen LogP contribution is -2.44. The van der Waals surface area contributed by atoms with Crippen LogP contribution < -0.4 is 5.32 Å². The first-order chi connectivity index (χ1) is 13.3. The molecule has 1 aromatic heterocycles. The molecule has 0 bridgehead atoms. The number of fused-ring (bicyclic) bond motifs is 1. The average molecular weight is 405 g/mol. The highest BCUT2D eigenvalue weighted by Gasteiger charge is 2.27. The number of amides is 1. The molecule has 28 heavy (non-hydrogen) atoms. The standard InChI is InChI=1S/C20H28N4O3S/c1-4-14(5-2)20(25)24-10-8-15(9-11-24)23-19-17-12-16(28(3,26)27)6-7-18(17)21-13-22-19/h6-7,12-15H,4-5,8-11H2,1-3H3,(H,21,22,23). The Morgan fingerprint density at radius 3 is 2.50 bits per heavy atom. The normalized spacial score (nSPS) is 15.9. The third kappa shape index (κ3) is 4.43. The quantitative estimate of drug-likeness (QED) is 0.796. The lowest BCUT2D eigenvalue weighted by Gasteiger charge is -2.34. The third-order valence-corrected chi connectivity index (χ3v) is 6.63. The molecule has 1 amide bonds. The van der Waals surface area contributed by atoms with Crippen molar-refractivity contribution in [2.75, 3.05) is 24.7 Å². The van der Waals surface area contributed by atoms with Gasteiger partial charge >= 0.3 is 0 Å². The zero-order valence-corrected chi connectivity index (χ0v) is 17.5. The number of carbonyl (C=O) groups excluding carboxylic acids is 1. The molecule has 0 saturated carbocycles. The van der Waals surface area contributed by atoms with Crippen LogP contribution in [0.3, 0.4) is 0 Å². The number of nitrogens with one attached hydrogen (secondary N) is 1. The summed E-state index contributed by atoms with van der Waals surface area (Å²) in [6, 6.07) is 5.08. The first kappa shape index (κ1) is 20.5. The maximum Gasteiger partial charge on any atom is 0.225 e. The van der Waals surface area contributed by atoms with Gasteiger partial charge in [0, 0.05) is 36.7 Å². The van der Waals surface area contributed by atoms with Crippen molar-refractivity contribution in [3.05, 3.63) is 24.5 Å². The number of benzene rings is 1. The summed E-state index contributed by atoms with van der Waals surface area (Å²) >= 11 is 0. The molecule has 0 aliphatic carbocycles. The lowest BCUT2D eigenvalue weighted by atomic mass is 9.98. The summed E-state index contributed by atoms with van der Waals surface area (Å²) in [6.07, 6.45) is 6.10. The predicted octanol–water partition coefficient (Wildman–Crippen LogP) is 2.87. The molecule has 1 aromatic carbocycles. The van der Waals surface area contributed by atoms with E-state index < -0.39 is 9.84 Å². The number of carbonyl (C=O) groups is 1. The highest BCUT2D eigenvalue weighted by atomic mass is 32.2. The first-order valence-electron chi connectivity index (χ1n) is 9.83. The Hall–Kier alpha value is -2.22. The highest BCUT2D eigenvalue weighted by molar-refractivity contribution is 7.90. The van der Waals surface area contributed by atoms with Crippen LogP contribution in [0.4, 0.5) is 5.82 Å². The van der Waals surface area contributed by atoms with Crippen molar-refractivity contribution in [3.8, 4) is 0 Å². The molecule has 3 rings (SSSR count). The smallest absolute Gasteiger partial charge is 0.225 e. The van der Waals surface area contributed by atoms with E-state index in [1.807, 2.05) is 4.90 Å². The van der Waals surface area contributed by atoms with Gasteiger partial charge in [-0.05, 0) is 43.9 Å². The fourth-order valence-corrected chi connectivity index (χ4v) is 4.36. The van der Waals surface area contributed by atoms with Gasteiger partial charge in [-0.3, -0.25) is 4.79 Å². The largest absolute Gasteiger partial charge is 0.367 e. The average Bonchev–Trinajstić information content (AvgIpc) is 2.68. The number of hydrogen-bond acceptors (Lipinski definition) is 6. The summed E-state index contributed by atoms with van der Waals surface area (Å²) in [7, 11) is -3.30. The number of anilines is 1. The van der Waals surface area contributed by atoms with Crippen molar-refractivity contribution in [2.45, 2.75) is 50.5 Å². The van der Waals surface area contributed by atoms with Crippen molar-refractivity contribution in [1.82, 2.24) is 14.9 Å². The molecule has 1 fully saturated rings. The lowest BCUT2D eigenvalue weighted by molar-refractivity contribution is -0.136. The van der Waals surface area contributed by atoms with E-state index in [0.29, 0.717) is 16.7 Å². The van der Waals surface area contributed by atoms with Crippen molar-refractivity contribution in [2.24, 2.45) is 5.92 Å². The number of rotatable bonds is 6. The van der Waals surface area contributed by atoms with Crippen LogP contribution in [0, 0.1) is 5.92 Å². The molecule has 1 aliphatic rings. The van der Waals surface area contributed by atoms with Gasteiger partial charge in [0.05, 0.1) is 10.4 Å². The van der Waals surface area contributed by atoms with E-state index in [4.69, 9.17) is 0 Å². The van der Waals surface area contributed by atoms with Crippen molar-refractivity contribution < 1.29 is 13.2 Å². The number of piperidine rings is 1. The monoisotopic (exact) mass is 404 g/mol. The molecule has 7 nitrogen and oxygen atoms in total. The van der Waals surface area contributed by atoms with E-state index in [1.54, 1.807) is 18.2 Å². The summed E-state index contributed by atoms with van der Waals surface area (Å²) in [4.78, 5) is 23.3. The Morgan fingerprint density at radius 2 is 1.89 bits per heavy atom. The van der Waals surface area contributed by atoms with E-state index in [0.717, 1.165) is 38.8 Å². The summed E-state index contributed by atoms with van der Waals surface area (Å²) in [6.45, 7) is 5.58. The van der Waals surface area contributed by atoms with Crippen molar-refractivity contribution >= 4 is 32.5 Å². The first-order valence-corrected chi connectivity index (χ1v) is 11.7. The van der Waals surface area contributed by atoms with Crippen LogP contribution in [0.2, 0.25) is 0 Å². The molecule has 2 heterocycles. The van der Waals surface area contributed by atoms with Gasteiger partial charge in [0.1, 0.15) is 12.1 Å². The van der Waals surface area contributed by atoms with Crippen LogP contribution in [-0.4, -0.2) is 54.6 Å². The third-order valence-electron chi connectivity index (χ3n) is 5.52. The molecular formula is C20H28N4O3S. The van der Waals surface area contributed by atoms with Gasteiger partial charge in [-0.15, -0.1) is 0 Å². The van der Waals surface area contributed by atoms with Gasteiger partial charge in [0.2, 0.25) is 5.91 Å². The zero-order chi connectivity index (χ0) is 20.3. The molecule has 2 aromatic rings. The summed E-state index contributed by atoms with van der Waals surface area (Å²) in [5, 5.41) is 4.13. The molecule has 1 saturated heterocycles. The van der Waals surface area contributed by atoms with E-state index in [-0.39, 0.29) is 22.8 Å². The molecule has 1 aliphatic heterocycles. The molecular weight excluding hydrogens is 376 g/mol. The number of nitrogens with zero attached hydrogens (tertiary/aromatic N) is 3. The second-order valence-corrected chi connectivity index (χ2v) is 9.45. The maximum atomic E-state index is 12.6. The van der Waals surface area contributed by atoms with Crippen LogP contribution in [0.15, 0.2) is 29.4 Å². The summed E-state index contributed by atoms with van der Waals surface area (Å²) < 4.78 is 23.8. The summed E-state index contributed by atoms with van der Waals surface area (Å²) in [5.41, 5.74) is 0.700. The van der Waals surface area contributed by atoms with Gasteiger partial charge in [0.25, 0.3) is 0 Å². The number of aromatic nitrogens is 2. The Kier molecular flexibility index (Phi) is 6.17. The van der Waals surface area contributed by atoms with Gasteiger partial charge in [-0.2, -0.15) is 0 Å². The Labute approximate surface area is 166 Å². The van der Waals surface area contributed by atoms with Crippen molar-refractivity contribution in [1.29, 1.82) is 0 Å². The van der Waals surface area contributed by atoms with Gasteiger partial charge < -0.3 is 10.2 Å². The fraction of sp³-hybridized carbons (Fsp3) is 0.550. The van der Waals surface area contributed by atoms with Crippen LogP contribution in [0.1, 0.15) is 39.5 Å². The number of sulfone groups is 1. The second-order valence-electron chi connectivity index (χ2n) is 7.43. The Morgan fingerprint density at radius 1 is 1.21 bits per heavy atom. The number of likely N-dealkylation sites (tertiary alicyclic amines) is 1. The number of hydrogen-bond donors (Lipinski definition) is 1. The molecule has 0 unspecified atom stereocenters. The second kappa shape index (κ2) is 8.43. The fourth-order valence-electron chi connectivity index (χ4n) is 3.72. The van der Waals surface area contributed by atoms with Gasteiger partial charge in [-0.25, -0.2) is 18.4 Å². The van der Waals surface area contributed by atoms with Crippen molar-refractivity contribution in [3.63, 3.8) is 0 Å². The molecule has 1 N–H and O–H groups in total. The molecule has 8 heteroatoms. The van der Waals surface area contributed by atoms with Crippen LogP contribution >= 0.6 is 0 Å². The van der Waals surface area contributed by atoms with Gasteiger partial charge in [0.15, 0.2) is 9.84 Å². The van der Waals surface area contributed by atoms with E-state index >= 15 is 0 Å². The topological polar surface area (TPSA) is 92.3 Å². The highest BCUT2D eigenvalue weighted by Crippen LogP contribution is 2.25. The van der Waals surface area contributed by atoms with E-state index in [2.05, 4.69) is 29.1 Å². The predicted molar refractivity (Wildman–Crippen MR) is 110 cm³/mol. The van der Waals surface area contributed by atoms with E-state index in [9.17, 15) is 13.2 Å². The van der Waals surface area contributed by atoms with Crippen LogP contribution in [-0.2, 0) is 14.6 Å². The SMILES string of the molecule is CCC(CC)C(=O)N1CCC(Nc2ncnc3ccc(S(C)(=O)=O)cc23)CC1.